The maximum absolute atomic E-state index is 13.2. The third kappa shape index (κ3) is 3.89. The van der Waals surface area contributed by atoms with Gasteiger partial charge in [0.05, 0.1) is 18.6 Å². The molecule has 0 aliphatic carbocycles. The van der Waals surface area contributed by atoms with E-state index in [2.05, 4.69) is 29.4 Å². The molecule has 1 N–H and O–H groups in total. The molecule has 1 fully saturated rings. The summed E-state index contributed by atoms with van der Waals surface area (Å²) in [4.78, 5) is 4.02. The van der Waals surface area contributed by atoms with Gasteiger partial charge in [-0.15, -0.1) is 12.4 Å². The third-order valence-electron chi connectivity index (χ3n) is 4.55. The van der Waals surface area contributed by atoms with Crippen LogP contribution in [0.4, 0.5) is 0 Å². The van der Waals surface area contributed by atoms with Crippen molar-refractivity contribution < 1.29 is 8.42 Å². The highest BCUT2D eigenvalue weighted by atomic mass is 35.5. The molecule has 8 heteroatoms. The number of hydrogen-bond acceptors (Lipinski definition) is 4. The Hall–Kier alpha value is -1.41. The summed E-state index contributed by atoms with van der Waals surface area (Å²) in [6.07, 6.45) is 3.99. The Kier molecular flexibility index (Phi) is 6.62. The molecule has 6 nitrogen and oxygen atoms in total. The highest BCUT2D eigenvalue weighted by molar-refractivity contribution is 7.89. The number of sulfonamides is 1. The fraction of sp³-hybridized carbons (Fsp3) is 0.471. The van der Waals surface area contributed by atoms with Gasteiger partial charge >= 0.3 is 0 Å². The zero-order valence-electron chi connectivity index (χ0n) is 14.6. The summed E-state index contributed by atoms with van der Waals surface area (Å²) < 4.78 is 29.6. The molecule has 2 aromatic rings. The Morgan fingerprint density at radius 2 is 1.96 bits per heavy atom. The van der Waals surface area contributed by atoms with Crippen LogP contribution in [0.5, 0.6) is 0 Å². The van der Waals surface area contributed by atoms with Crippen molar-refractivity contribution >= 4 is 22.4 Å². The molecule has 1 aromatic carbocycles. The maximum Gasteiger partial charge on any atom is 0.260 e. The molecule has 0 amide bonds. The zero-order chi connectivity index (χ0) is 17.2. The first-order valence-corrected chi connectivity index (χ1v) is 9.83. The fourth-order valence-electron chi connectivity index (χ4n) is 3.11. The van der Waals surface area contributed by atoms with Crippen molar-refractivity contribution in [1.29, 1.82) is 0 Å². The fourth-order valence-corrected chi connectivity index (χ4v) is 4.88. The molecule has 0 spiro atoms. The molecule has 138 valence electrons. The van der Waals surface area contributed by atoms with E-state index in [4.69, 9.17) is 0 Å². The van der Waals surface area contributed by atoms with Gasteiger partial charge in [-0.2, -0.15) is 4.31 Å². The molecule has 1 atom stereocenters. The first-order valence-electron chi connectivity index (χ1n) is 8.39. The van der Waals surface area contributed by atoms with E-state index in [1.54, 1.807) is 15.2 Å². The topological polar surface area (TPSA) is 67.2 Å². The lowest BCUT2D eigenvalue weighted by Gasteiger charge is -2.35. The Labute approximate surface area is 155 Å². The summed E-state index contributed by atoms with van der Waals surface area (Å²) in [6, 6.07) is 8.03. The van der Waals surface area contributed by atoms with Crippen LogP contribution in [0.25, 0.3) is 0 Å². The second kappa shape index (κ2) is 8.31. The van der Waals surface area contributed by atoms with E-state index in [9.17, 15) is 8.42 Å². The molecule has 1 aliphatic rings. The molecule has 1 aromatic heterocycles. The van der Waals surface area contributed by atoms with Crippen LogP contribution in [-0.4, -0.2) is 41.9 Å². The molecule has 25 heavy (non-hydrogen) atoms. The second-order valence-corrected chi connectivity index (χ2v) is 7.79. The number of nitrogens with one attached hydrogen (secondary N) is 1. The van der Waals surface area contributed by atoms with Crippen molar-refractivity contribution in [3.05, 3.63) is 47.9 Å². The van der Waals surface area contributed by atoms with Gasteiger partial charge in [0.15, 0.2) is 5.03 Å². The third-order valence-corrected chi connectivity index (χ3v) is 6.48. The number of nitrogens with zero attached hydrogens (tertiary/aromatic N) is 3. The summed E-state index contributed by atoms with van der Waals surface area (Å²) >= 11 is 0. The quantitative estimate of drug-likeness (QED) is 0.858. The Bertz CT molecular complexity index is 789. The van der Waals surface area contributed by atoms with Crippen LogP contribution in [0, 0.1) is 0 Å². The molecule has 1 unspecified atom stereocenters. The van der Waals surface area contributed by atoms with Crippen molar-refractivity contribution in [3.8, 4) is 0 Å². The Balaban J connectivity index is 0.00000225. The largest absolute Gasteiger partial charge is 0.321 e. The van der Waals surface area contributed by atoms with Crippen molar-refractivity contribution in [3.63, 3.8) is 0 Å². The molecule has 0 saturated carbocycles. The number of halogens is 1. The average Bonchev–Trinajstić information content (AvgIpc) is 3.11. The number of hydrogen-bond donors (Lipinski definition) is 1. The standard InChI is InChI=1S/C17H24N4O2S.ClH/c1-3-14-5-7-15(8-6-14)16-11-18-9-10-21(16)24(22,23)17-12-19-13-20(17)4-2;/h5-8,12-13,16,18H,3-4,9-11H2,1-2H3;1H. The first-order chi connectivity index (χ1) is 11.6. The number of aromatic nitrogens is 2. The van der Waals surface area contributed by atoms with Crippen molar-refractivity contribution in [2.45, 2.75) is 37.9 Å². The minimum Gasteiger partial charge on any atom is -0.321 e. The van der Waals surface area contributed by atoms with Crippen molar-refractivity contribution in [2.75, 3.05) is 19.6 Å². The van der Waals surface area contributed by atoms with Crippen LogP contribution in [0.1, 0.15) is 31.0 Å². The molecule has 2 heterocycles. The van der Waals surface area contributed by atoms with Gasteiger partial charge < -0.3 is 9.88 Å². The van der Waals surface area contributed by atoms with E-state index < -0.39 is 10.0 Å². The van der Waals surface area contributed by atoms with Crippen molar-refractivity contribution in [2.24, 2.45) is 0 Å². The van der Waals surface area contributed by atoms with Crippen LogP contribution in [0.3, 0.4) is 0 Å². The number of benzene rings is 1. The predicted octanol–water partition coefficient (Wildman–Crippen LogP) is 2.22. The number of imidazole rings is 1. The average molecular weight is 385 g/mol. The minimum absolute atomic E-state index is 0. The molecule has 1 aliphatic heterocycles. The number of aryl methyl sites for hydroxylation is 2. The van der Waals surface area contributed by atoms with E-state index in [0.29, 0.717) is 26.2 Å². The van der Waals surface area contributed by atoms with Crippen LogP contribution in [0.2, 0.25) is 0 Å². The van der Waals surface area contributed by atoms with Gasteiger partial charge in [-0.05, 0) is 24.5 Å². The Morgan fingerprint density at radius 3 is 2.60 bits per heavy atom. The number of rotatable bonds is 5. The molecule has 0 bridgehead atoms. The van der Waals surface area contributed by atoms with Crippen LogP contribution < -0.4 is 5.32 Å². The molecule has 1 saturated heterocycles. The SMILES string of the molecule is CCc1ccc(C2CNCCN2S(=O)(=O)c2cncn2CC)cc1.Cl. The van der Waals surface area contributed by atoms with Crippen LogP contribution >= 0.6 is 12.4 Å². The molecular formula is C17H25ClN4O2S. The molecule has 3 rings (SSSR count). The van der Waals surface area contributed by atoms with Gasteiger partial charge in [-0.1, -0.05) is 31.2 Å². The van der Waals surface area contributed by atoms with Crippen LogP contribution in [0.15, 0.2) is 41.8 Å². The minimum atomic E-state index is -3.58. The van der Waals surface area contributed by atoms with Crippen LogP contribution in [-0.2, 0) is 23.0 Å². The Morgan fingerprint density at radius 1 is 1.24 bits per heavy atom. The molecule has 0 radical (unpaired) electrons. The van der Waals surface area contributed by atoms with Gasteiger partial charge in [0.1, 0.15) is 0 Å². The number of piperazine rings is 1. The first kappa shape index (κ1) is 19.9. The van der Waals surface area contributed by atoms with Crippen molar-refractivity contribution in [1.82, 2.24) is 19.2 Å². The second-order valence-electron chi connectivity index (χ2n) is 5.95. The normalized spacial score (nSPS) is 18.7. The van der Waals surface area contributed by atoms with Gasteiger partial charge in [0.25, 0.3) is 10.0 Å². The van der Waals surface area contributed by atoms with Gasteiger partial charge in [-0.25, -0.2) is 13.4 Å². The van der Waals surface area contributed by atoms with E-state index >= 15 is 0 Å². The van der Waals surface area contributed by atoms with E-state index in [1.807, 2.05) is 19.1 Å². The lowest BCUT2D eigenvalue weighted by molar-refractivity contribution is 0.270. The predicted molar refractivity (Wildman–Crippen MR) is 100 cm³/mol. The summed E-state index contributed by atoms with van der Waals surface area (Å²) in [7, 11) is -3.58. The van der Waals surface area contributed by atoms with E-state index in [0.717, 1.165) is 12.0 Å². The molecular weight excluding hydrogens is 360 g/mol. The van der Waals surface area contributed by atoms with E-state index in [1.165, 1.54) is 11.8 Å². The van der Waals surface area contributed by atoms with Gasteiger partial charge in [0, 0.05) is 26.2 Å². The zero-order valence-corrected chi connectivity index (χ0v) is 16.2. The summed E-state index contributed by atoms with van der Waals surface area (Å²) in [5.41, 5.74) is 2.27. The van der Waals surface area contributed by atoms with E-state index in [-0.39, 0.29) is 23.5 Å². The monoisotopic (exact) mass is 384 g/mol. The summed E-state index contributed by atoms with van der Waals surface area (Å²) in [6.45, 7) is 6.33. The lowest BCUT2D eigenvalue weighted by Crippen LogP contribution is -2.48. The summed E-state index contributed by atoms with van der Waals surface area (Å²) in [5.74, 6) is 0. The summed E-state index contributed by atoms with van der Waals surface area (Å²) in [5, 5.41) is 3.58. The smallest absolute Gasteiger partial charge is 0.260 e. The maximum atomic E-state index is 13.2. The van der Waals surface area contributed by atoms with Gasteiger partial charge in [0.2, 0.25) is 0 Å². The van der Waals surface area contributed by atoms with Gasteiger partial charge in [-0.3, -0.25) is 0 Å². The lowest BCUT2D eigenvalue weighted by atomic mass is 10.0. The highest BCUT2D eigenvalue weighted by Crippen LogP contribution is 2.29. The highest BCUT2D eigenvalue weighted by Gasteiger charge is 2.36.